The minimum Gasteiger partial charge on any atom is -0.378 e. The molecule has 0 saturated carbocycles. The Kier molecular flexibility index (Phi) is 3.71. The van der Waals surface area contributed by atoms with E-state index in [2.05, 4.69) is 9.88 Å². The summed E-state index contributed by atoms with van der Waals surface area (Å²) in [5.74, 6) is 0.751. The molecule has 18 heavy (non-hydrogen) atoms. The lowest BCUT2D eigenvalue weighted by Gasteiger charge is -2.35. The van der Waals surface area contributed by atoms with Gasteiger partial charge in [-0.1, -0.05) is 11.6 Å². The van der Waals surface area contributed by atoms with E-state index >= 15 is 0 Å². The predicted molar refractivity (Wildman–Crippen MR) is 73.2 cm³/mol. The second-order valence-corrected chi connectivity index (χ2v) is 5.60. The first kappa shape index (κ1) is 12.2. The zero-order valence-corrected chi connectivity index (χ0v) is 11.3. The molecule has 0 N–H and O–H groups in total. The Morgan fingerprint density at radius 1 is 1.28 bits per heavy atom. The van der Waals surface area contributed by atoms with Gasteiger partial charge in [0.25, 0.3) is 0 Å². The minimum absolute atomic E-state index is 0.521. The number of rotatable bonds is 2. The SMILES string of the molecule is Clc1cc(N2CCC(C3CCCO3)CC2)ccn1. The van der Waals surface area contributed by atoms with Gasteiger partial charge >= 0.3 is 0 Å². The van der Waals surface area contributed by atoms with Gasteiger partial charge in [-0.05, 0) is 43.7 Å². The lowest BCUT2D eigenvalue weighted by molar-refractivity contribution is 0.0531. The number of aromatic nitrogens is 1. The molecular formula is C14H19ClN2O. The van der Waals surface area contributed by atoms with E-state index in [0.717, 1.165) is 25.6 Å². The first-order chi connectivity index (χ1) is 8.83. The Balaban J connectivity index is 1.59. The summed E-state index contributed by atoms with van der Waals surface area (Å²) >= 11 is 5.94. The van der Waals surface area contributed by atoms with Gasteiger partial charge in [0, 0.05) is 31.6 Å². The highest BCUT2D eigenvalue weighted by molar-refractivity contribution is 6.29. The van der Waals surface area contributed by atoms with Crippen LogP contribution in [-0.4, -0.2) is 30.8 Å². The smallest absolute Gasteiger partial charge is 0.131 e. The third-order valence-electron chi connectivity index (χ3n) is 4.11. The highest BCUT2D eigenvalue weighted by atomic mass is 35.5. The monoisotopic (exact) mass is 266 g/mol. The topological polar surface area (TPSA) is 25.4 Å². The van der Waals surface area contributed by atoms with Gasteiger partial charge in [0.15, 0.2) is 0 Å². The van der Waals surface area contributed by atoms with Crippen molar-refractivity contribution in [2.24, 2.45) is 5.92 Å². The van der Waals surface area contributed by atoms with E-state index in [1.165, 1.54) is 31.4 Å². The fourth-order valence-electron chi connectivity index (χ4n) is 3.09. The molecular weight excluding hydrogens is 248 g/mol. The molecule has 3 rings (SSSR count). The van der Waals surface area contributed by atoms with E-state index < -0.39 is 0 Å². The standard InChI is InChI=1S/C14H19ClN2O/c15-14-10-12(3-6-16-14)17-7-4-11(5-8-17)13-2-1-9-18-13/h3,6,10-11,13H,1-2,4-5,7-9H2. The normalized spacial score (nSPS) is 25.6. The van der Waals surface area contributed by atoms with E-state index in [4.69, 9.17) is 16.3 Å². The summed E-state index contributed by atoms with van der Waals surface area (Å²) in [4.78, 5) is 6.43. The number of anilines is 1. The maximum absolute atomic E-state index is 5.94. The number of nitrogens with zero attached hydrogens (tertiary/aromatic N) is 2. The maximum atomic E-state index is 5.94. The van der Waals surface area contributed by atoms with E-state index in [1.807, 2.05) is 12.1 Å². The third-order valence-corrected chi connectivity index (χ3v) is 4.31. The first-order valence-corrected chi connectivity index (χ1v) is 7.19. The Labute approximate surface area is 113 Å². The fraction of sp³-hybridized carbons (Fsp3) is 0.643. The Morgan fingerprint density at radius 3 is 2.78 bits per heavy atom. The van der Waals surface area contributed by atoms with Gasteiger partial charge in [0.05, 0.1) is 6.10 Å². The molecule has 98 valence electrons. The lowest BCUT2D eigenvalue weighted by atomic mass is 9.89. The molecule has 2 aliphatic rings. The van der Waals surface area contributed by atoms with Crippen molar-refractivity contribution in [3.8, 4) is 0 Å². The Bertz CT molecular complexity index is 399. The van der Waals surface area contributed by atoms with Crippen LogP contribution in [0.3, 0.4) is 0 Å². The van der Waals surface area contributed by atoms with Crippen LogP contribution < -0.4 is 4.90 Å². The van der Waals surface area contributed by atoms with Crippen molar-refractivity contribution in [2.75, 3.05) is 24.6 Å². The zero-order chi connectivity index (χ0) is 12.4. The second kappa shape index (κ2) is 5.45. The number of hydrogen-bond donors (Lipinski definition) is 0. The number of hydrogen-bond acceptors (Lipinski definition) is 3. The summed E-state index contributed by atoms with van der Waals surface area (Å²) in [5.41, 5.74) is 1.20. The molecule has 2 fully saturated rings. The van der Waals surface area contributed by atoms with Gasteiger partial charge in [-0.2, -0.15) is 0 Å². The maximum Gasteiger partial charge on any atom is 0.131 e. The molecule has 2 saturated heterocycles. The molecule has 2 aliphatic heterocycles. The van der Waals surface area contributed by atoms with Crippen LogP contribution in [0.1, 0.15) is 25.7 Å². The van der Waals surface area contributed by atoms with Gasteiger partial charge in [0.2, 0.25) is 0 Å². The summed E-state index contributed by atoms with van der Waals surface area (Å²) in [6.45, 7) is 3.17. The van der Waals surface area contributed by atoms with Crippen LogP contribution in [-0.2, 0) is 4.74 Å². The van der Waals surface area contributed by atoms with Crippen molar-refractivity contribution < 1.29 is 4.74 Å². The molecule has 3 heterocycles. The second-order valence-electron chi connectivity index (χ2n) is 5.21. The average Bonchev–Trinajstić information content (AvgIpc) is 2.93. The summed E-state index contributed by atoms with van der Waals surface area (Å²) < 4.78 is 5.80. The Morgan fingerprint density at radius 2 is 2.11 bits per heavy atom. The molecule has 0 aliphatic carbocycles. The van der Waals surface area contributed by atoms with E-state index in [9.17, 15) is 0 Å². The molecule has 0 amide bonds. The molecule has 1 aromatic rings. The minimum atomic E-state index is 0.521. The van der Waals surface area contributed by atoms with Crippen LogP contribution in [0.25, 0.3) is 0 Å². The van der Waals surface area contributed by atoms with Gasteiger partial charge in [-0.25, -0.2) is 4.98 Å². The van der Waals surface area contributed by atoms with Crippen LogP contribution in [0, 0.1) is 5.92 Å². The third kappa shape index (κ3) is 2.62. The number of piperidine rings is 1. The first-order valence-electron chi connectivity index (χ1n) is 6.81. The van der Waals surface area contributed by atoms with Crippen molar-refractivity contribution >= 4 is 17.3 Å². The largest absolute Gasteiger partial charge is 0.378 e. The molecule has 1 unspecified atom stereocenters. The summed E-state index contributed by atoms with van der Waals surface area (Å²) in [7, 11) is 0. The number of pyridine rings is 1. The molecule has 0 bridgehead atoms. The van der Waals surface area contributed by atoms with Crippen LogP contribution in [0.5, 0.6) is 0 Å². The van der Waals surface area contributed by atoms with Crippen molar-refractivity contribution in [1.82, 2.24) is 4.98 Å². The van der Waals surface area contributed by atoms with Crippen LogP contribution >= 0.6 is 11.6 Å². The van der Waals surface area contributed by atoms with Crippen molar-refractivity contribution in [3.05, 3.63) is 23.5 Å². The fourth-order valence-corrected chi connectivity index (χ4v) is 3.26. The number of ether oxygens (including phenoxy) is 1. The van der Waals surface area contributed by atoms with E-state index in [-0.39, 0.29) is 0 Å². The molecule has 0 spiro atoms. The van der Waals surface area contributed by atoms with Crippen LogP contribution in [0.4, 0.5) is 5.69 Å². The Hall–Kier alpha value is -0.800. The highest BCUT2D eigenvalue weighted by Crippen LogP contribution is 2.31. The van der Waals surface area contributed by atoms with Crippen LogP contribution in [0.2, 0.25) is 5.15 Å². The zero-order valence-electron chi connectivity index (χ0n) is 10.5. The van der Waals surface area contributed by atoms with Gasteiger partial charge in [-0.15, -0.1) is 0 Å². The van der Waals surface area contributed by atoms with Crippen molar-refractivity contribution in [3.63, 3.8) is 0 Å². The summed E-state index contributed by atoms with van der Waals surface area (Å²) in [5, 5.41) is 0.578. The highest BCUT2D eigenvalue weighted by Gasteiger charge is 2.29. The molecule has 1 aromatic heterocycles. The number of halogens is 1. The molecule has 0 radical (unpaired) electrons. The van der Waals surface area contributed by atoms with Gasteiger partial charge in [-0.3, -0.25) is 0 Å². The lowest BCUT2D eigenvalue weighted by Crippen LogP contribution is -2.37. The van der Waals surface area contributed by atoms with Gasteiger partial charge in [0.1, 0.15) is 5.15 Å². The summed E-state index contributed by atoms with van der Waals surface area (Å²) in [6.07, 6.45) is 7.25. The average molecular weight is 267 g/mol. The molecule has 0 aromatic carbocycles. The quantitative estimate of drug-likeness (QED) is 0.769. The molecule has 4 heteroatoms. The van der Waals surface area contributed by atoms with E-state index in [0.29, 0.717) is 11.3 Å². The molecule has 3 nitrogen and oxygen atoms in total. The van der Waals surface area contributed by atoms with Crippen molar-refractivity contribution in [1.29, 1.82) is 0 Å². The van der Waals surface area contributed by atoms with Crippen molar-refractivity contribution in [2.45, 2.75) is 31.8 Å². The van der Waals surface area contributed by atoms with E-state index in [1.54, 1.807) is 6.20 Å². The predicted octanol–water partition coefficient (Wildman–Crippen LogP) is 3.13. The van der Waals surface area contributed by atoms with Gasteiger partial charge < -0.3 is 9.64 Å². The van der Waals surface area contributed by atoms with Crippen LogP contribution in [0.15, 0.2) is 18.3 Å². The summed E-state index contributed by atoms with van der Waals surface area (Å²) in [6, 6.07) is 3.99. The molecule has 1 atom stereocenters.